The minimum absolute atomic E-state index is 0.183. The Morgan fingerprint density at radius 2 is 1.90 bits per heavy atom. The van der Waals surface area contributed by atoms with Crippen LogP contribution in [0.2, 0.25) is 0 Å². The zero-order valence-electron chi connectivity index (χ0n) is 6.77. The van der Waals surface area contributed by atoms with Gasteiger partial charge >= 0.3 is 5.97 Å². The van der Waals surface area contributed by atoms with Crippen LogP contribution in [0.1, 0.15) is 27.7 Å². The van der Waals surface area contributed by atoms with E-state index >= 15 is 0 Å². The molecule has 0 saturated heterocycles. The number of hydrogen-bond acceptors (Lipinski definition) is 2. The molecular formula is C7H13BrO2. The van der Waals surface area contributed by atoms with Crippen LogP contribution < -0.4 is 0 Å². The largest absolute Gasteiger partial charge is 0.451 e. The lowest BCUT2D eigenvalue weighted by Gasteiger charge is -2.17. The monoisotopic (exact) mass is 208 g/mol. The summed E-state index contributed by atoms with van der Waals surface area (Å²) in [5.74, 6) is -0.183. The molecule has 0 aromatic carbocycles. The molecular weight excluding hydrogens is 196 g/mol. The first kappa shape index (κ1) is 9.95. The Balaban J connectivity index is 3.87. The second kappa shape index (κ2) is 3.37. The molecule has 0 fully saturated rings. The summed E-state index contributed by atoms with van der Waals surface area (Å²) in [5.41, 5.74) is -0.401. The normalized spacial score (nSPS) is 14.5. The summed E-state index contributed by atoms with van der Waals surface area (Å²) in [6.07, 6.45) is 0. The molecule has 60 valence electrons. The summed E-state index contributed by atoms with van der Waals surface area (Å²) in [6, 6.07) is 0. The Bertz CT molecular complexity index is 124. The lowest BCUT2D eigenvalue weighted by molar-refractivity contribution is -0.153. The molecule has 1 atom stereocenters. The molecule has 0 aromatic heterocycles. The van der Waals surface area contributed by atoms with Gasteiger partial charge in [0.15, 0.2) is 5.01 Å². The predicted molar refractivity (Wildman–Crippen MR) is 43.9 cm³/mol. The third-order valence-electron chi connectivity index (χ3n) is 0.882. The van der Waals surface area contributed by atoms with Crippen molar-refractivity contribution in [3.8, 4) is 0 Å². The Labute approximate surface area is 70.1 Å². The molecule has 0 aliphatic heterocycles. The molecule has 0 bridgehead atoms. The Kier molecular flexibility index (Phi) is 3.36. The van der Waals surface area contributed by atoms with E-state index < -0.39 is 5.41 Å². The van der Waals surface area contributed by atoms with Gasteiger partial charge < -0.3 is 4.74 Å². The van der Waals surface area contributed by atoms with Gasteiger partial charge in [-0.1, -0.05) is 0 Å². The second-order valence-electron chi connectivity index (χ2n) is 3.20. The van der Waals surface area contributed by atoms with E-state index in [2.05, 4.69) is 15.9 Å². The minimum Gasteiger partial charge on any atom is -0.451 e. The topological polar surface area (TPSA) is 26.3 Å². The average molecular weight is 209 g/mol. The van der Waals surface area contributed by atoms with Crippen LogP contribution >= 0.6 is 15.9 Å². The molecule has 10 heavy (non-hydrogen) atoms. The SMILES string of the molecule is CC(Br)OC(=O)C(C)(C)C. The van der Waals surface area contributed by atoms with Crippen LogP contribution in [-0.4, -0.2) is 11.0 Å². The fourth-order valence-corrected chi connectivity index (χ4v) is 0.494. The molecule has 0 heterocycles. The van der Waals surface area contributed by atoms with Gasteiger partial charge in [0.05, 0.1) is 5.41 Å². The number of alkyl halides is 1. The maximum Gasteiger partial charge on any atom is 0.312 e. The van der Waals surface area contributed by atoms with E-state index in [0.29, 0.717) is 0 Å². The van der Waals surface area contributed by atoms with Crippen molar-refractivity contribution < 1.29 is 9.53 Å². The van der Waals surface area contributed by atoms with Crippen molar-refractivity contribution >= 4 is 21.9 Å². The van der Waals surface area contributed by atoms with Crippen LogP contribution in [0.5, 0.6) is 0 Å². The number of carbonyl (C=O) groups excluding carboxylic acids is 1. The van der Waals surface area contributed by atoms with Crippen LogP contribution in [0.25, 0.3) is 0 Å². The first-order valence-electron chi connectivity index (χ1n) is 3.19. The van der Waals surface area contributed by atoms with Gasteiger partial charge in [-0.15, -0.1) is 0 Å². The standard InChI is InChI=1S/C7H13BrO2/c1-5(8)10-6(9)7(2,3)4/h5H,1-4H3. The highest BCUT2D eigenvalue weighted by atomic mass is 79.9. The van der Waals surface area contributed by atoms with Crippen molar-refractivity contribution in [1.82, 2.24) is 0 Å². The molecule has 3 heteroatoms. The van der Waals surface area contributed by atoms with Crippen LogP contribution in [0.4, 0.5) is 0 Å². The number of esters is 1. The Hall–Kier alpha value is -0.0500. The molecule has 0 aliphatic rings. The van der Waals surface area contributed by atoms with Crippen molar-refractivity contribution in [2.24, 2.45) is 5.41 Å². The third kappa shape index (κ3) is 3.88. The molecule has 1 unspecified atom stereocenters. The summed E-state index contributed by atoms with van der Waals surface area (Å²) in [7, 11) is 0. The van der Waals surface area contributed by atoms with E-state index in [9.17, 15) is 4.79 Å². The second-order valence-corrected chi connectivity index (χ2v) is 4.49. The van der Waals surface area contributed by atoms with Crippen molar-refractivity contribution in [3.63, 3.8) is 0 Å². The summed E-state index contributed by atoms with van der Waals surface area (Å²) in [5, 5.41) is -0.195. The van der Waals surface area contributed by atoms with E-state index in [4.69, 9.17) is 4.74 Å². The van der Waals surface area contributed by atoms with Crippen LogP contribution in [0.15, 0.2) is 0 Å². The van der Waals surface area contributed by atoms with Gasteiger partial charge in [0.2, 0.25) is 0 Å². The molecule has 0 N–H and O–H groups in total. The average Bonchev–Trinajstić information content (AvgIpc) is 1.60. The van der Waals surface area contributed by atoms with E-state index in [1.54, 1.807) is 6.92 Å². The number of halogens is 1. The Morgan fingerprint density at radius 1 is 1.50 bits per heavy atom. The van der Waals surface area contributed by atoms with Gasteiger partial charge in [-0.3, -0.25) is 4.79 Å². The first-order valence-corrected chi connectivity index (χ1v) is 4.11. The van der Waals surface area contributed by atoms with E-state index in [0.717, 1.165) is 0 Å². The van der Waals surface area contributed by atoms with Gasteiger partial charge in [0, 0.05) is 0 Å². The summed E-state index contributed by atoms with van der Waals surface area (Å²) in [4.78, 5) is 11.0. The predicted octanol–water partition coefficient (Wildman–Crippen LogP) is 2.32. The smallest absolute Gasteiger partial charge is 0.312 e. The number of rotatable bonds is 1. The van der Waals surface area contributed by atoms with E-state index in [1.807, 2.05) is 20.8 Å². The maximum absolute atomic E-state index is 11.0. The van der Waals surface area contributed by atoms with Gasteiger partial charge in [0.1, 0.15) is 0 Å². The highest BCUT2D eigenvalue weighted by molar-refractivity contribution is 9.09. The molecule has 0 aliphatic carbocycles. The van der Waals surface area contributed by atoms with Gasteiger partial charge in [-0.25, -0.2) is 0 Å². The number of carbonyl (C=O) groups is 1. The molecule has 0 radical (unpaired) electrons. The van der Waals surface area contributed by atoms with Crippen LogP contribution in [-0.2, 0) is 9.53 Å². The zero-order valence-corrected chi connectivity index (χ0v) is 8.36. The highest BCUT2D eigenvalue weighted by Gasteiger charge is 2.23. The van der Waals surface area contributed by atoms with E-state index in [-0.39, 0.29) is 11.0 Å². The maximum atomic E-state index is 11.0. The summed E-state index contributed by atoms with van der Waals surface area (Å²) >= 11 is 3.12. The molecule has 0 rings (SSSR count). The minimum atomic E-state index is -0.401. The molecule has 0 amide bonds. The lowest BCUT2D eigenvalue weighted by Crippen LogP contribution is -2.24. The Morgan fingerprint density at radius 3 is 2.00 bits per heavy atom. The van der Waals surface area contributed by atoms with Crippen molar-refractivity contribution in [2.45, 2.75) is 32.7 Å². The number of ether oxygens (including phenoxy) is 1. The van der Waals surface area contributed by atoms with Crippen molar-refractivity contribution in [2.75, 3.05) is 0 Å². The first-order chi connectivity index (χ1) is 4.34. The van der Waals surface area contributed by atoms with Gasteiger partial charge in [0.25, 0.3) is 0 Å². The molecule has 0 saturated carbocycles. The van der Waals surface area contributed by atoms with Crippen molar-refractivity contribution in [1.29, 1.82) is 0 Å². The molecule has 0 aromatic rings. The molecule has 2 nitrogen and oxygen atoms in total. The fraction of sp³-hybridized carbons (Fsp3) is 0.857. The summed E-state index contributed by atoms with van der Waals surface area (Å²) in [6.45, 7) is 7.24. The quantitative estimate of drug-likeness (QED) is 0.489. The zero-order chi connectivity index (χ0) is 8.36. The highest BCUT2D eigenvalue weighted by Crippen LogP contribution is 2.17. The number of hydrogen-bond donors (Lipinski definition) is 0. The van der Waals surface area contributed by atoms with Crippen LogP contribution in [0.3, 0.4) is 0 Å². The fourth-order valence-electron chi connectivity index (χ4n) is 0.324. The molecule has 0 spiro atoms. The van der Waals surface area contributed by atoms with E-state index in [1.165, 1.54) is 0 Å². The van der Waals surface area contributed by atoms with Gasteiger partial charge in [-0.05, 0) is 43.6 Å². The lowest BCUT2D eigenvalue weighted by atomic mass is 9.97. The van der Waals surface area contributed by atoms with Gasteiger partial charge in [-0.2, -0.15) is 0 Å². The van der Waals surface area contributed by atoms with Crippen molar-refractivity contribution in [3.05, 3.63) is 0 Å². The van der Waals surface area contributed by atoms with Crippen LogP contribution in [0, 0.1) is 5.41 Å². The summed E-state index contributed by atoms with van der Waals surface area (Å²) < 4.78 is 4.89. The third-order valence-corrected chi connectivity index (χ3v) is 1.07.